The van der Waals surface area contributed by atoms with Gasteiger partial charge in [-0.05, 0) is 124 Å². The quantitative estimate of drug-likeness (QED) is 0.123. The lowest BCUT2D eigenvalue weighted by Crippen LogP contribution is -2.44. The van der Waals surface area contributed by atoms with Crippen molar-refractivity contribution in [2.45, 2.75) is 170 Å². The fourth-order valence-electron chi connectivity index (χ4n) is 11.9. The van der Waals surface area contributed by atoms with Crippen LogP contribution in [0.2, 0.25) is 0 Å². The summed E-state index contributed by atoms with van der Waals surface area (Å²) in [6.07, 6.45) is 22.3. The van der Waals surface area contributed by atoms with Gasteiger partial charge in [-0.3, -0.25) is 14.4 Å². The van der Waals surface area contributed by atoms with Crippen molar-refractivity contribution in [3.05, 3.63) is 0 Å². The summed E-state index contributed by atoms with van der Waals surface area (Å²) in [7, 11) is 0. The number of carbonyl (C=O) groups is 3. The average Bonchev–Trinajstić information content (AvgIpc) is 3.95. The Hall–Kier alpha value is -1.59. The van der Waals surface area contributed by atoms with E-state index >= 15 is 0 Å². The lowest BCUT2D eigenvalue weighted by Gasteiger charge is -2.41. The zero-order valence-corrected chi connectivity index (χ0v) is 31.9. The number of hydrogen-bond acceptors (Lipinski definition) is 6. The Labute approximate surface area is 294 Å². The number of carbonyl (C=O) groups excluding carboxylic acids is 3. The third-order valence-corrected chi connectivity index (χ3v) is 14.1. The van der Waals surface area contributed by atoms with Crippen molar-refractivity contribution in [1.82, 2.24) is 0 Å². The smallest absolute Gasteiger partial charge is 0.309 e. The van der Waals surface area contributed by atoms with Crippen LogP contribution in [-0.4, -0.2) is 36.7 Å². The summed E-state index contributed by atoms with van der Waals surface area (Å²) in [5.74, 6) is 6.84. The van der Waals surface area contributed by atoms with Crippen LogP contribution >= 0.6 is 0 Å². The van der Waals surface area contributed by atoms with Crippen LogP contribution in [0.4, 0.5) is 0 Å². The molecular formula is C42H72O6. The highest BCUT2D eigenvalue weighted by Gasteiger charge is 2.62. The molecule has 6 aliphatic rings. The van der Waals surface area contributed by atoms with Crippen LogP contribution in [0.15, 0.2) is 0 Å². The molecule has 6 saturated carbocycles. The molecule has 0 aromatic carbocycles. The van der Waals surface area contributed by atoms with Gasteiger partial charge in [-0.15, -0.1) is 0 Å². The molecule has 0 radical (unpaired) electrons. The van der Waals surface area contributed by atoms with Crippen molar-refractivity contribution < 1.29 is 28.6 Å². The second-order valence-electron chi connectivity index (χ2n) is 16.3. The Morgan fingerprint density at radius 2 is 1.25 bits per heavy atom. The van der Waals surface area contributed by atoms with Crippen molar-refractivity contribution in [1.29, 1.82) is 0 Å². The molecule has 0 aromatic rings. The maximum Gasteiger partial charge on any atom is 0.309 e. The van der Waals surface area contributed by atoms with E-state index in [0.29, 0.717) is 23.7 Å². The van der Waals surface area contributed by atoms with Gasteiger partial charge in [-0.1, -0.05) is 86.5 Å². The van der Waals surface area contributed by atoms with Gasteiger partial charge < -0.3 is 14.2 Å². The highest BCUT2D eigenvalue weighted by atomic mass is 16.6. The fourth-order valence-corrected chi connectivity index (χ4v) is 11.9. The zero-order chi connectivity index (χ0) is 34.8. The Kier molecular flexibility index (Phi) is 15.2. The van der Waals surface area contributed by atoms with E-state index in [-0.39, 0.29) is 48.6 Å². The van der Waals surface area contributed by atoms with Crippen LogP contribution in [0.5, 0.6) is 0 Å². The molecule has 10 atom stereocenters. The average molecular weight is 673 g/mol. The second-order valence-corrected chi connectivity index (χ2v) is 16.3. The van der Waals surface area contributed by atoms with Crippen molar-refractivity contribution in [3.63, 3.8) is 0 Å². The monoisotopic (exact) mass is 673 g/mol. The van der Waals surface area contributed by atoms with Crippen molar-refractivity contribution >= 4 is 17.9 Å². The van der Waals surface area contributed by atoms with Gasteiger partial charge in [-0.25, -0.2) is 0 Å². The van der Waals surface area contributed by atoms with E-state index < -0.39 is 0 Å². The van der Waals surface area contributed by atoms with E-state index in [1.807, 2.05) is 13.8 Å². The van der Waals surface area contributed by atoms with Gasteiger partial charge in [0.15, 0.2) is 0 Å². The number of ether oxygens (including phenoxy) is 3. The molecule has 6 fully saturated rings. The van der Waals surface area contributed by atoms with Crippen LogP contribution in [0, 0.1) is 65.1 Å². The van der Waals surface area contributed by atoms with Gasteiger partial charge in [0.2, 0.25) is 0 Å². The number of esters is 3. The summed E-state index contributed by atoms with van der Waals surface area (Å²) in [5, 5.41) is 0. The largest absolute Gasteiger partial charge is 0.462 e. The lowest BCUT2D eigenvalue weighted by molar-refractivity contribution is -0.176. The predicted molar refractivity (Wildman–Crippen MR) is 192 cm³/mol. The van der Waals surface area contributed by atoms with Gasteiger partial charge in [0.25, 0.3) is 0 Å². The van der Waals surface area contributed by atoms with Gasteiger partial charge in [0.05, 0.1) is 11.8 Å². The molecule has 0 spiro atoms. The van der Waals surface area contributed by atoms with Crippen LogP contribution in [0.1, 0.15) is 164 Å². The van der Waals surface area contributed by atoms with Crippen LogP contribution in [0.3, 0.4) is 0 Å². The molecule has 2 bridgehead atoms. The summed E-state index contributed by atoms with van der Waals surface area (Å²) >= 11 is 0. The second kappa shape index (κ2) is 18.6. The molecule has 0 heterocycles. The van der Waals surface area contributed by atoms with Gasteiger partial charge in [0, 0.05) is 6.92 Å². The normalized spacial score (nSPS) is 36.3. The molecule has 0 aliphatic heterocycles. The topological polar surface area (TPSA) is 78.9 Å². The maximum atomic E-state index is 13.6. The number of fused-ring (bicyclic) bond motifs is 5. The first-order valence-corrected chi connectivity index (χ1v) is 20.8. The Morgan fingerprint density at radius 1 is 0.625 bits per heavy atom. The minimum Gasteiger partial charge on any atom is -0.462 e. The third kappa shape index (κ3) is 8.82. The standard InChI is InChI=1S/C26H42O2.C14H24O4.C2H6/c1-3-17-14-18(4-2)24-21-15-19(23(17)24)16-22(21)25(27)28-26(12-8-9-13-26)20-10-6-5-7-11-20;1-4-11-8-12(5-2)13(9-11)14(16)18-7-6-17-10(3)15;1-2/h17-24H,3-16H2,1-2H3;11-13H,4-9H2,1-3H3;1-2H3. The minimum atomic E-state index is -0.343. The van der Waals surface area contributed by atoms with Crippen LogP contribution in [0.25, 0.3) is 0 Å². The number of rotatable bonds is 11. The molecule has 276 valence electrons. The zero-order valence-electron chi connectivity index (χ0n) is 31.9. The first kappa shape index (κ1) is 39.2. The SMILES string of the molecule is CC.CCC1CC(CC)C(C(=O)OCCOC(C)=O)C1.CCC1CC(CC)C2C3CC(CC3C(=O)OC3(C4CCCCC4)CCCC3)C12. The van der Waals surface area contributed by atoms with E-state index in [1.165, 1.54) is 77.6 Å². The first-order chi connectivity index (χ1) is 23.2. The van der Waals surface area contributed by atoms with E-state index in [1.54, 1.807) is 0 Å². The Bertz CT molecular complexity index is 1010. The molecule has 0 saturated heterocycles. The molecule has 6 aliphatic carbocycles. The third-order valence-electron chi connectivity index (χ3n) is 14.1. The van der Waals surface area contributed by atoms with Crippen molar-refractivity contribution in [2.24, 2.45) is 65.1 Å². The molecule has 48 heavy (non-hydrogen) atoms. The first-order valence-electron chi connectivity index (χ1n) is 20.8. The van der Waals surface area contributed by atoms with E-state index in [9.17, 15) is 14.4 Å². The van der Waals surface area contributed by atoms with E-state index in [0.717, 1.165) is 74.5 Å². The summed E-state index contributed by atoms with van der Waals surface area (Å²) in [6.45, 7) is 14.7. The van der Waals surface area contributed by atoms with Crippen LogP contribution in [-0.2, 0) is 28.6 Å². The minimum absolute atomic E-state index is 0.0391. The highest BCUT2D eigenvalue weighted by molar-refractivity contribution is 5.74. The molecular weight excluding hydrogens is 600 g/mol. The van der Waals surface area contributed by atoms with Gasteiger partial charge >= 0.3 is 17.9 Å². The molecule has 6 nitrogen and oxygen atoms in total. The summed E-state index contributed by atoms with van der Waals surface area (Å²) in [4.78, 5) is 36.1. The van der Waals surface area contributed by atoms with E-state index in [2.05, 4.69) is 27.7 Å². The van der Waals surface area contributed by atoms with Crippen LogP contribution < -0.4 is 0 Å². The Morgan fingerprint density at radius 3 is 1.85 bits per heavy atom. The molecule has 0 N–H and O–H groups in total. The van der Waals surface area contributed by atoms with Crippen molar-refractivity contribution in [3.8, 4) is 0 Å². The summed E-state index contributed by atoms with van der Waals surface area (Å²) < 4.78 is 16.5. The maximum absolute atomic E-state index is 13.6. The van der Waals surface area contributed by atoms with Crippen molar-refractivity contribution in [2.75, 3.05) is 13.2 Å². The number of hydrogen-bond donors (Lipinski definition) is 0. The molecule has 0 aromatic heterocycles. The van der Waals surface area contributed by atoms with E-state index in [4.69, 9.17) is 14.2 Å². The highest BCUT2D eigenvalue weighted by Crippen LogP contribution is 2.66. The van der Waals surface area contributed by atoms with Gasteiger partial charge in [-0.2, -0.15) is 0 Å². The fraction of sp³-hybridized carbons (Fsp3) is 0.929. The Balaban J connectivity index is 0.000000227. The lowest BCUT2D eigenvalue weighted by atomic mass is 9.70. The predicted octanol–water partition coefficient (Wildman–Crippen LogP) is 10.3. The molecule has 6 heteroatoms. The molecule has 6 rings (SSSR count). The summed E-state index contributed by atoms with van der Waals surface area (Å²) in [5.41, 5.74) is -0.0788. The summed E-state index contributed by atoms with van der Waals surface area (Å²) in [6, 6.07) is 0. The molecule has 0 amide bonds. The molecule has 10 unspecified atom stereocenters. The van der Waals surface area contributed by atoms with Gasteiger partial charge in [0.1, 0.15) is 18.8 Å².